The summed E-state index contributed by atoms with van der Waals surface area (Å²) < 4.78 is 0. The van der Waals surface area contributed by atoms with Crippen LogP contribution in [0.25, 0.3) is 0 Å². The maximum atomic E-state index is 11.8. The average molecular weight is 244 g/mol. The van der Waals surface area contributed by atoms with Gasteiger partial charge in [-0.25, -0.2) is 4.79 Å². The quantitative estimate of drug-likeness (QED) is 0.785. The number of carbonyl (C=O) groups is 1. The molecule has 0 bridgehead atoms. The van der Waals surface area contributed by atoms with Crippen LogP contribution in [-0.4, -0.2) is 47.7 Å². The van der Waals surface area contributed by atoms with Crippen LogP contribution in [0.1, 0.15) is 11.1 Å². The molecule has 1 heterocycles. The van der Waals surface area contributed by atoms with E-state index in [4.69, 9.17) is 5.11 Å². The number of hydrogen-bond donors (Lipinski definition) is 1. The molecule has 18 heavy (non-hydrogen) atoms. The predicted octanol–water partition coefficient (Wildman–Crippen LogP) is 0.898. The molecule has 4 nitrogen and oxygen atoms in total. The van der Waals surface area contributed by atoms with E-state index in [0.717, 1.165) is 24.2 Å². The summed E-state index contributed by atoms with van der Waals surface area (Å²) in [6.45, 7) is 2.02. The molecule has 2 rings (SSSR count). The normalized spacial score (nSPS) is 14.7. The van der Waals surface area contributed by atoms with Gasteiger partial charge in [0.05, 0.1) is 0 Å². The average Bonchev–Trinajstić information content (AvgIpc) is 2.69. The van der Waals surface area contributed by atoms with Crippen molar-refractivity contribution in [2.24, 2.45) is 0 Å². The van der Waals surface area contributed by atoms with Crippen molar-refractivity contribution in [1.29, 1.82) is 0 Å². The molecule has 0 atom stereocenters. The number of benzene rings is 1. The number of amides is 2. The van der Waals surface area contributed by atoms with Crippen molar-refractivity contribution in [2.45, 2.75) is 6.54 Å². The zero-order valence-corrected chi connectivity index (χ0v) is 10.4. The lowest BCUT2D eigenvalue weighted by Crippen LogP contribution is -2.28. The molecule has 1 fully saturated rings. The molecule has 0 aromatic heterocycles. The predicted molar refractivity (Wildman–Crippen MR) is 68.8 cm³/mol. The fourth-order valence-corrected chi connectivity index (χ4v) is 1.96. The van der Waals surface area contributed by atoms with Crippen molar-refractivity contribution >= 4 is 6.03 Å². The van der Waals surface area contributed by atoms with E-state index in [1.54, 1.807) is 4.90 Å². The first-order chi connectivity index (χ1) is 8.70. The van der Waals surface area contributed by atoms with Crippen LogP contribution in [0.2, 0.25) is 0 Å². The molecule has 1 aliphatic heterocycles. The zero-order valence-electron chi connectivity index (χ0n) is 10.4. The molecule has 0 aliphatic carbocycles. The lowest BCUT2D eigenvalue weighted by atomic mass is 10.1. The highest BCUT2D eigenvalue weighted by molar-refractivity contribution is 5.76. The maximum absolute atomic E-state index is 11.8. The lowest BCUT2D eigenvalue weighted by molar-refractivity contribution is 0.197. The Morgan fingerprint density at radius 2 is 2.22 bits per heavy atom. The van der Waals surface area contributed by atoms with Gasteiger partial charge in [0.15, 0.2) is 0 Å². The Balaban J connectivity index is 2.08. The monoisotopic (exact) mass is 244 g/mol. The van der Waals surface area contributed by atoms with Gasteiger partial charge in [-0.2, -0.15) is 0 Å². The van der Waals surface area contributed by atoms with E-state index in [1.165, 1.54) is 0 Å². The number of likely N-dealkylation sites (N-methyl/N-ethyl adjacent to an activating group) is 1. The third kappa shape index (κ3) is 2.82. The van der Waals surface area contributed by atoms with Crippen LogP contribution < -0.4 is 0 Å². The summed E-state index contributed by atoms with van der Waals surface area (Å²) in [6, 6.07) is 7.82. The summed E-state index contributed by atoms with van der Waals surface area (Å²) in [6.07, 6.45) is 0. The number of hydrogen-bond acceptors (Lipinski definition) is 2. The van der Waals surface area contributed by atoms with Gasteiger partial charge in [-0.15, -0.1) is 0 Å². The summed E-state index contributed by atoms with van der Waals surface area (Å²) in [5, 5.41) is 8.66. The summed E-state index contributed by atoms with van der Waals surface area (Å²) >= 11 is 0. The first-order valence-electron chi connectivity index (χ1n) is 5.89. The Morgan fingerprint density at radius 1 is 1.39 bits per heavy atom. The van der Waals surface area contributed by atoms with Crippen molar-refractivity contribution in [3.63, 3.8) is 0 Å². The van der Waals surface area contributed by atoms with Gasteiger partial charge in [0.2, 0.25) is 0 Å². The second-order valence-electron chi connectivity index (χ2n) is 4.29. The van der Waals surface area contributed by atoms with E-state index in [0.29, 0.717) is 6.54 Å². The number of urea groups is 1. The van der Waals surface area contributed by atoms with E-state index >= 15 is 0 Å². The van der Waals surface area contributed by atoms with E-state index in [2.05, 4.69) is 11.8 Å². The number of aliphatic hydroxyl groups excluding tert-OH is 1. The molecular formula is C14H16N2O2. The van der Waals surface area contributed by atoms with Crippen LogP contribution in [0, 0.1) is 11.8 Å². The third-order valence-corrected chi connectivity index (χ3v) is 2.91. The molecule has 2 amide bonds. The second-order valence-corrected chi connectivity index (χ2v) is 4.29. The van der Waals surface area contributed by atoms with E-state index in [9.17, 15) is 4.79 Å². The fraction of sp³-hybridized carbons (Fsp3) is 0.357. The first-order valence-corrected chi connectivity index (χ1v) is 5.89. The van der Waals surface area contributed by atoms with Gasteiger partial charge in [0, 0.05) is 32.2 Å². The van der Waals surface area contributed by atoms with Crippen LogP contribution in [0.5, 0.6) is 0 Å². The minimum Gasteiger partial charge on any atom is -0.384 e. The van der Waals surface area contributed by atoms with E-state index in [1.807, 2.05) is 36.2 Å². The van der Waals surface area contributed by atoms with Crippen LogP contribution >= 0.6 is 0 Å². The second kappa shape index (κ2) is 5.56. The Kier molecular flexibility index (Phi) is 3.85. The zero-order chi connectivity index (χ0) is 13.0. The molecule has 1 N–H and O–H groups in total. The standard InChI is InChI=1S/C14H16N2O2/c1-15-7-8-16(14(15)18)11-13-5-2-4-12(10-13)6-3-9-17/h2,4-5,10,17H,7-9,11H2,1H3. The fourth-order valence-electron chi connectivity index (χ4n) is 1.96. The first kappa shape index (κ1) is 12.5. The minimum atomic E-state index is -0.139. The number of rotatable bonds is 2. The van der Waals surface area contributed by atoms with Crippen LogP contribution in [0.15, 0.2) is 24.3 Å². The Morgan fingerprint density at radius 3 is 2.89 bits per heavy atom. The van der Waals surface area contributed by atoms with Crippen molar-refractivity contribution in [2.75, 3.05) is 26.7 Å². The highest BCUT2D eigenvalue weighted by Gasteiger charge is 2.24. The van der Waals surface area contributed by atoms with Gasteiger partial charge in [0.1, 0.15) is 6.61 Å². The van der Waals surface area contributed by atoms with Gasteiger partial charge in [-0.05, 0) is 17.7 Å². The molecule has 0 spiro atoms. The molecule has 1 aliphatic rings. The largest absolute Gasteiger partial charge is 0.384 e. The van der Waals surface area contributed by atoms with Crippen LogP contribution in [0.4, 0.5) is 4.79 Å². The Hall–Kier alpha value is -1.99. The summed E-state index contributed by atoms with van der Waals surface area (Å²) in [5.74, 6) is 5.48. The van der Waals surface area contributed by atoms with Crippen molar-refractivity contribution in [1.82, 2.24) is 9.80 Å². The number of aliphatic hydroxyl groups is 1. The van der Waals surface area contributed by atoms with Crippen molar-refractivity contribution in [3.8, 4) is 11.8 Å². The molecule has 0 saturated carbocycles. The van der Waals surface area contributed by atoms with Gasteiger partial charge in [-0.3, -0.25) is 0 Å². The molecule has 1 aromatic carbocycles. The number of nitrogens with zero attached hydrogens (tertiary/aromatic N) is 2. The van der Waals surface area contributed by atoms with E-state index in [-0.39, 0.29) is 12.6 Å². The van der Waals surface area contributed by atoms with E-state index < -0.39 is 0 Å². The molecule has 94 valence electrons. The molecule has 0 radical (unpaired) electrons. The third-order valence-electron chi connectivity index (χ3n) is 2.91. The Labute approximate surface area is 107 Å². The van der Waals surface area contributed by atoms with Gasteiger partial charge < -0.3 is 14.9 Å². The molecule has 1 saturated heterocycles. The SMILES string of the molecule is CN1CCN(Cc2cccc(C#CCO)c2)C1=O. The molecular weight excluding hydrogens is 228 g/mol. The molecule has 0 unspecified atom stereocenters. The summed E-state index contributed by atoms with van der Waals surface area (Å²) in [5.41, 5.74) is 1.92. The smallest absolute Gasteiger partial charge is 0.320 e. The van der Waals surface area contributed by atoms with Crippen molar-refractivity contribution in [3.05, 3.63) is 35.4 Å². The van der Waals surface area contributed by atoms with Gasteiger partial charge in [-0.1, -0.05) is 24.0 Å². The lowest BCUT2D eigenvalue weighted by Gasteiger charge is -2.15. The van der Waals surface area contributed by atoms with Crippen LogP contribution in [0.3, 0.4) is 0 Å². The highest BCUT2D eigenvalue weighted by Crippen LogP contribution is 2.12. The molecule has 1 aromatic rings. The van der Waals surface area contributed by atoms with Gasteiger partial charge in [0.25, 0.3) is 0 Å². The topological polar surface area (TPSA) is 43.8 Å². The Bertz CT molecular complexity index is 502. The molecule has 4 heteroatoms. The maximum Gasteiger partial charge on any atom is 0.320 e. The summed E-state index contributed by atoms with van der Waals surface area (Å²) in [7, 11) is 1.81. The van der Waals surface area contributed by atoms with Crippen molar-refractivity contribution < 1.29 is 9.90 Å². The van der Waals surface area contributed by atoms with Gasteiger partial charge >= 0.3 is 6.03 Å². The minimum absolute atomic E-state index is 0.0712. The highest BCUT2D eigenvalue weighted by atomic mass is 16.2. The summed E-state index contributed by atoms with van der Waals surface area (Å²) in [4.78, 5) is 15.3. The number of carbonyl (C=O) groups excluding carboxylic acids is 1. The van der Waals surface area contributed by atoms with Crippen LogP contribution in [-0.2, 0) is 6.54 Å².